The summed E-state index contributed by atoms with van der Waals surface area (Å²) >= 11 is 0. The molecule has 0 heterocycles. The third-order valence-corrected chi connectivity index (χ3v) is 3.53. The van der Waals surface area contributed by atoms with Crippen LogP contribution < -0.4 is 10.2 Å². The predicted molar refractivity (Wildman–Crippen MR) is 92.5 cm³/mol. The zero-order chi connectivity index (χ0) is 18.7. The fourth-order valence-corrected chi connectivity index (χ4v) is 2.34. The van der Waals surface area contributed by atoms with Gasteiger partial charge in [0.2, 0.25) is 0 Å². The SMILES string of the molecule is CCOC(=O)NC(Cc1ccc(N(CCO)CCO)cc1)C(=O)OC. The van der Waals surface area contributed by atoms with Crippen molar-refractivity contribution in [1.82, 2.24) is 5.32 Å². The van der Waals surface area contributed by atoms with Crippen LogP contribution in [-0.4, -0.2) is 68.3 Å². The summed E-state index contributed by atoms with van der Waals surface area (Å²) < 4.78 is 9.51. The summed E-state index contributed by atoms with van der Waals surface area (Å²) in [4.78, 5) is 25.2. The Balaban J connectivity index is 2.80. The number of amides is 1. The van der Waals surface area contributed by atoms with Crippen molar-refractivity contribution in [3.8, 4) is 0 Å². The molecular formula is C17H26N2O6. The number of hydrogen-bond donors (Lipinski definition) is 3. The number of carbonyl (C=O) groups is 2. The summed E-state index contributed by atoms with van der Waals surface area (Å²) in [5.74, 6) is -0.556. The van der Waals surface area contributed by atoms with Crippen molar-refractivity contribution in [2.24, 2.45) is 0 Å². The number of alkyl carbamates (subject to hydrolysis) is 1. The molecule has 8 heteroatoms. The molecule has 0 fully saturated rings. The zero-order valence-corrected chi connectivity index (χ0v) is 14.6. The Bertz CT molecular complexity index is 528. The largest absolute Gasteiger partial charge is 0.467 e. The molecule has 1 rings (SSSR count). The smallest absolute Gasteiger partial charge is 0.407 e. The van der Waals surface area contributed by atoms with Crippen LogP contribution in [0.1, 0.15) is 12.5 Å². The van der Waals surface area contributed by atoms with E-state index in [2.05, 4.69) is 5.32 Å². The standard InChI is InChI=1S/C17H26N2O6/c1-3-25-17(23)18-15(16(22)24-2)12-13-4-6-14(7-5-13)19(8-10-20)9-11-21/h4-7,15,20-21H,3,8-12H2,1-2H3,(H,18,23). The Hall–Kier alpha value is -2.32. The van der Waals surface area contributed by atoms with Crippen molar-refractivity contribution in [1.29, 1.82) is 0 Å². The highest BCUT2D eigenvalue weighted by Crippen LogP contribution is 2.16. The molecule has 1 aromatic carbocycles. The van der Waals surface area contributed by atoms with E-state index in [1.54, 1.807) is 6.92 Å². The van der Waals surface area contributed by atoms with Crippen LogP contribution >= 0.6 is 0 Å². The van der Waals surface area contributed by atoms with Crippen molar-refractivity contribution in [3.05, 3.63) is 29.8 Å². The molecule has 0 aliphatic carbocycles. The molecule has 0 radical (unpaired) electrons. The van der Waals surface area contributed by atoms with Crippen LogP contribution in [0.3, 0.4) is 0 Å². The van der Waals surface area contributed by atoms with Gasteiger partial charge in [-0.05, 0) is 24.6 Å². The Morgan fingerprint density at radius 3 is 2.24 bits per heavy atom. The molecule has 0 saturated carbocycles. The molecule has 0 saturated heterocycles. The van der Waals surface area contributed by atoms with E-state index in [9.17, 15) is 9.59 Å². The molecular weight excluding hydrogens is 328 g/mol. The van der Waals surface area contributed by atoms with Crippen LogP contribution in [0.25, 0.3) is 0 Å². The molecule has 1 amide bonds. The summed E-state index contributed by atoms with van der Waals surface area (Å²) in [6.07, 6.45) is -0.419. The predicted octanol–water partition coefficient (Wildman–Crippen LogP) is 0.308. The number of anilines is 1. The highest BCUT2D eigenvalue weighted by molar-refractivity contribution is 5.81. The first-order valence-corrected chi connectivity index (χ1v) is 8.12. The van der Waals surface area contributed by atoms with E-state index in [1.807, 2.05) is 29.2 Å². The van der Waals surface area contributed by atoms with Crippen LogP contribution in [-0.2, 0) is 20.7 Å². The lowest BCUT2D eigenvalue weighted by atomic mass is 10.1. The number of benzene rings is 1. The van der Waals surface area contributed by atoms with Gasteiger partial charge in [-0.25, -0.2) is 9.59 Å². The molecule has 0 aliphatic heterocycles. The average Bonchev–Trinajstić information content (AvgIpc) is 2.61. The Morgan fingerprint density at radius 1 is 1.16 bits per heavy atom. The van der Waals surface area contributed by atoms with Crippen LogP contribution in [0.4, 0.5) is 10.5 Å². The van der Waals surface area contributed by atoms with Gasteiger partial charge < -0.3 is 29.9 Å². The Kier molecular flexibility index (Phi) is 9.34. The summed E-state index contributed by atoms with van der Waals surface area (Å²) in [6.45, 7) is 2.67. The number of rotatable bonds is 10. The minimum atomic E-state index is -0.846. The van der Waals surface area contributed by atoms with Gasteiger partial charge in [0.1, 0.15) is 6.04 Å². The van der Waals surface area contributed by atoms with E-state index >= 15 is 0 Å². The van der Waals surface area contributed by atoms with Crippen molar-refractivity contribution in [2.45, 2.75) is 19.4 Å². The lowest BCUT2D eigenvalue weighted by Crippen LogP contribution is -2.43. The fourth-order valence-electron chi connectivity index (χ4n) is 2.34. The lowest BCUT2D eigenvalue weighted by Gasteiger charge is -2.23. The van der Waals surface area contributed by atoms with Gasteiger partial charge in [0.05, 0.1) is 26.9 Å². The van der Waals surface area contributed by atoms with Gasteiger partial charge in [0, 0.05) is 25.2 Å². The lowest BCUT2D eigenvalue weighted by molar-refractivity contribution is -0.142. The second-order valence-electron chi connectivity index (χ2n) is 5.25. The molecule has 0 aromatic heterocycles. The third-order valence-electron chi connectivity index (χ3n) is 3.53. The van der Waals surface area contributed by atoms with Crippen molar-refractivity contribution >= 4 is 17.7 Å². The van der Waals surface area contributed by atoms with E-state index in [1.165, 1.54) is 7.11 Å². The summed E-state index contributed by atoms with van der Waals surface area (Å²) in [7, 11) is 1.26. The zero-order valence-electron chi connectivity index (χ0n) is 14.6. The summed E-state index contributed by atoms with van der Waals surface area (Å²) in [5, 5.41) is 20.7. The first kappa shape index (κ1) is 20.7. The highest BCUT2D eigenvalue weighted by Gasteiger charge is 2.22. The molecule has 25 heavy (non-hydrogen) atoms. The van der Waals surface area contributed by atoms with E-state index < -0.39 is 18.1 Å². The second kappa shape index (κ2) is 11.3. The Morgan fingerprint density at radius 2 is 1.76 bits per heavy atom. The molecule has 3 N–H and O–H groups in total. The molecule has 1 aromatic rings. The van der Waals surface area contributed by atoms with Gasteiger partial charge >= 0.3 is 12.1 Å². The van der Waals surface area contributed by atoms with Gasteiger partial charge in [0.15, 0.2) is 0 Å². The summed E-state index contributed by atoms with van der Waals surface area (Å²) in [5.41, 5.74) is 1.67. The molecule has 8 nitrogen and oxygen atoms in total. The quantitative estimate of drug-likeness (QED) is 0.519. The van der Waals surface area contributed by atoms with Crippen LogP contribution in [0.2, 0.25) is 0 Å². The first-order chi connectivity index (χ1) is 12.0. The van der Waals surface area contributed by atoms with Crippen molar-refractivity contribution < 1.29 is 29.3 Å². The molecule has 1 atom stereocenters. The summed E-state index contributed by atoms with van der Waals surface area (Å²) in [6, 6.07) is 6.46. The number of nitrogens with one attached hydrogen (secondary N) is 1. The molecule has 0 aliphatic rings. The van der Waals surface area contributed by atoms with Crippen LogP contribution in [0.15, 0.2) is 24.3 Å². The van der Waals surface area contributed by atoms with E-state index in [0.717, 1.165) is 11.3 Å². The number of esters is 1. The van der Waals surface area contributed by atoms with E-state index in [4.69, 9.17) is 19.7 Å². The number of aliphatic hydroxyl groups excluding tert-OH is 2. The number of carbonyl (C=O) groups excluding carboxylic acids is 2. The average molecular weight is 354 g/mol. The van der Waals surface area contributed by atoms with Crippen LogP contribution in [0, 0.1) is 0 Å². The van der Waals surface area contributed by atoms with Gasteiger partial charge in [-0.1, -0.05) is 12.1 Å². The van der Waals surface area contributed by atoms with E-state index in [-0.39, 0.29) is 26.2 Å². The maximum absolute atomic E-state index is 11.8. The second-order valence-corrected chi connectivity index (χ2v) is 5.25. The fraction of sp³-hybridized carbons (Fsp3) is 0.529. The molecule has 140 valence electrons. The van der Waals surface area contributed by atoms with Gasteiger partial charge in [-0.2, -0.15) is 0 Å². The van der Waals surface area contributed by atoms with Gasteiger partial charge in [0.25, 0.3) is 0 Å². The minimum absolute atomic E-state index is 0.0182. The molecule has 0 bridgehead atoms. The number of aliphatic hydroxyl groups is 2. The topological polar surface area (TPSA) is 108 Å². The van der Waals surface area contributed by atoms with Crippen molar-refractivity contribution in [3.63, 3.8) is 0 Å². The monoisotopic (exact) mass is 354 g/mol. The Labute approximate surface area is 147 Å². The minimum Gasteiger partial charge on any atom is -0.467 e. The van der Waals surface area contributed by atoms with Crippen LogP contribution in [0.5, 0.6) is 0 Å². The van der Waals surface area contributed by atoms with E-state index in [0.29, 0.717) is 13.1 Å². The number of methoxy groups -OCH3 is 1. The molecule has 0 spiro atoms. The number of nitrogens with zero attached hydrogens (tertiary/aromatic N) is 1. The van der Waals surface area contributed by atoms with Crippen molar-refractivity contribution in [2.75, 3.05) is 44.9 Å². The number of ether oxygens (including phenoxy) is 2. The molecule has 1 unspecified atom stereocenters. The number of hydrogen-bond acceptors (Lipinski definition) is 7. The first-order valence-electron chi connectivity index (χ1n) is 8.12. The normalized spacial score (nSPS) is 11.5. The maximum Gasteiger partial charge on any atom is 0.407 e. The van der Waals surface area contributed by atoms with Gasteiger partial charge in [-0.15, -0.1) is 0 Å². The highest BCUT2D eigenvalue weighted by atomic mass is 16.6. The third kappa shape index (κ3) is 6.98. The maximum atomic E-state index is 11.8. The van der Waals surface area contributed by atoms with Gasteiger partial charge in [-0.3, -0.25) is 0 Å².